The molecule has 0 atom stereocenters. The van der Waals surface area contributed by atoms with Crippen molar-refractivity contribution in [2.75, 3.05) is 25.1 Å². The smallest absolute Gasteiger partial charge is 0.156 e. The molecular formula is C11H14ClN3O3. The lowest BCUT2D eigenvalue weighted by atomic mass is 9.94. The molecule has 0 aliphatic carbocycles. The van der Waals surface area contributed by atoms with E-state index in [1.165, 1.54) is 6.33 Å². The van der Waals surface area contributed by atoms with Crippen LogP contribution in [0.15, 0.2) is 6.33 Å². The lowest BCUT2D eigenvalue weighted by Gasteiger charge is -2.32. The molecule has 0 radical (unpaired) electrons. The monoisotopic (exact) mass is 271 g/mol. The second kappa shape index (κ2) is 5.60. The van der Waals surface area contributed by atoms with E-state index in [0.29, 0.717) is 44.7 Å². The fourth-order valence-corrected chi connectivity index (χ4v) is 1.97. The summed E-state index contributed by atoms with van der Waals surface area (Å²) in [6.45, 7) is 1.36. The second-order valence-electron chi connectivity index (χ2n) is 4.23. The Morgan fingerprint density at radius 3 is 2.89 bits per heavy atom. The van der Waals surface area contributed by atoms with Crippen LogP contribution in [0.25, 0.3) is 0 Å². The van der Waals surface area contributed by atoms with Gasteiger partial charge in [-0.2, -0.15) is 0 Å². The molecule has 2 rings (SSSR count). The summed E-state index contributed by atoms with van der Waals surface area (Å²) in [6.07, 6.45) is 2.97. The third kappa shape index (κ3) is 2.95. The van der Waals surface area contributed by atoms with E-state index in [4.69, 9.17) is 16.3 Å². The minimum atomic E-state index is -0.837. The van der Waals surface area contributed by atoms with Gasteiger partial charge in [-0.25, -0.2) is 9.97 Å². The van der Waals surface area contributed by atoms with Crippen LogP contribution in [0.1, 0.15) is 23.2 Å². The van der Waals surface area contributed by atoms with Gasteiger partial charge >= 0.3 is 0 Å². The third-order valence-electron chi connectivity index (χ3n) is 2.96. The van der Waals surface area contributed by atoms with Crippen LogP contribution in [0.2, 0.25) is 5.15 Å². The van der Waals surface area contributed by atoms with Crippen LogP contribution in [-0.4, -0.2) is 46.7 Å². The summed E-state index contributed by atoms with van der Waals surface area (Å²) in [6, 6.07) is 0. The number of ether oxygens (including phenoxy) is 1. The largest absolute Gasteiger partial charge is 0.388 e. The molecule has 6 nitrogen and oxygen atoms in total. The van der Waals surface area contributed by atoms with Gasteiger partial charge in [0.05, 0.1) is 11.2 Å². The Hall–Kier alpha value is -1.24. The lowest BCUT2D eigenvalue weighted by molar-refractivity contribution is -0.0543. The van der Waals surface area contributed by atoms with E-state index in [-0.39, 0.29) is 10.7 Å². The Labute approximate surface area is 109 Å². The molecule has 0 amide bonds. The highest BCUT2D eigenvalue weighted by Gasteiger charge is 2.29. The molecule has 1 aliphatic heterocycles. The molecule has 0 bridgehead atoms. The summed E-state index contributed by atoms with van der Waals surface area (Å²) in [5, 5.41) is 13.3. The van der Waals surface area contributed by atoms with Crippen LogP contribution in [-0.2, 0) is 4.74 Å². The van der Waals surface area contributed by atoms with Crippen LogP contribution in [0.5, 0.6) is 0 Å². The maximum absolute atomic E-state index is 10.9. The Kier molecular flexibility index (Phi) is 4.11. The standard InChI is InChI=1S/C11H14ClN3O3/c12-9-8(5-16)10(15-7-14-9)13-6-11(17)1-3-18-4-2-11/h5,7,17H,1-4,6H2,(H,13,14,15). The van der Waals surface area contributed by atoms with Gasteiger partial charge in [-0.15, -0.1) is 0 Å². The van der Waals surface area contributed by atoms with E-state index < -0.39 is 5.60 Å². The van der Waals surface area contributed by atoms with Crippen molar-refractivity contribution in [2.45, 2.75) is 18.4 Å². The molecule has 2 N–H and O–H groups in total. The van der Waals surface area contributed by atoms with Crippen LogP contribution in [0, 0.1) is 0 Å². The van der Waals surface area contributed by atoms with E-state index in [1.807, 2.05) is 0 Å². The van der Waals surface area contributed by atoms with Gasteiger partial charge in [-0.05, 0) is 0 Å². The van der Waals surface area contributed by atoms with Gasteiger partial charge in [0.15, 0.2) is 6.29 Å². The Balaban J connectivity index is 2.05. The Morgan fingerprint density at radius 2 is 2.22 bits per heavy atom. The highest BCUT2D eigenvalue weighted by molar-refractivity contribution is 6.32. The molecule has 98 valence electrons. The van der Waals surface area contributed by atoms with Crippen LogP contribution in [0.3, 0.4) is 0 Å². The normalized spacial score (nSPS) is 18.3. The summed E-state index contributed by atoms with van der Waals surface area (Å²) >= 11 is 5.78. The van der Waals surface area contributed by atoms with Gasteiger partial charge in [0.1, 0.15) is 17.3 Å². The molecular weight excluding hydrogens is 258 g/mol. The SMILES string of the molecule is O=Cc1c(Cl)ncnc1NCC1(O)CCOCC1. The number of hydrogen-bond acceptors (Lipinski definition) is 6. The number of anilines is 1. The Bertz CT molecular complexity index is 436. The molecule has 18 heavy (non-hydrogen) atoms. The van der Waals surface area contributed by atoms with Gasteiger partial charge in [-0.1, -0.05) is 11.6 Å². The zero-order valence-corrected chi connectivity index (χ0v) is 10.5. The van der Waals surface area contributed by atoms with Crippen molar-refractivity contribution in [3.8, 4) is 0 Å². The van der Waals surface area contributed by atoms with Gasteiger partial charge in [-0.3, -0.25) is 4.79 Å². The van der Waals surface area contributed by atoms with Crippen molar-refractivity contribution in [1.82, 2.24) is 9.97 Å². The molecule has 1 aliphatic rings. The fraction of sp³-hybridized carbons (Fsp3) is 0.545. The van der Waals surface area contributed by atoms with Crippen molar-refractivity contribution in [3.05, 3.63) is 17.0 Å². The Morgan fingerprint density at radius 1 is 1.50 bits per heavy atom. The number of aromatic nitrogens is 2. The minimum Gasteiger partial charge on any atom is -0.388 e. The lowest BCUT2D eigenvalue weighted by Crippen LogP contribution is -2.42. The number of nitrogens with zero attached hydrogens (tertiary/aromatic N) is 2. The molecule has 1 aromatic rings. The first-order valence-corrected chi connectivity index (χ1v) is 6.02. The molecule has 0 spiro atoms. The quantitative estimate of drug-likeness (QED) is 0.625. The van der Waals surface area contributed by atoms with E-state index in [1.54, 1.807) is 0 Å². The predicted molar refractivity (Wildman–Crippen MR) is 65.9 cm³/mol. The number of hydrogen-bond donors (Lipinski definition) is 2. The number of carbonyl (C=O) groups excluding carboxylic acids is 1. The number of aliphatic hydroxyl groups is 1. The van der Waals surface area contributed by atoms with Crippen molar-refractivity contribution in [3.63, 3.8) is 0 Å². The molecule has 0 aromatic carbocycles. The predicted octanol–water partition coefficient (Wildman–Crippen LogP) is 0.896. The zero-order valence-electron chi connectivity index (χ0n) is 9.73. The van der Waals surface area contributed by atoms with E-state index in [2.05, 4.69) is 15.3 Å². The highest BCUT2D eigenvalue weighted by Crippen LogP contribution is 2.22. The van der Waals surface area contributed by atoms with Crippen molar-refractivity contribution < 1.29 is 14.6 Å². The van der Waals surface area contributed by atoms with Crippen LogP contribution in [0.4, 0.5) is 5.82 Å². The maximum Gasteiger partial charge on any atom is 0.156 e. The minimum absolute atomic E-state index is 0.0986. The number of rotatable bonds is 4. The highest BCUT2D eigenvalue weighted by atomic mass is 35.5. The molecule has 0 unspecified atom stereocenters. The number of aldehydes is 1. The fourth-order valence-electron chi connectivity index (χ4n) is 1.80. The molecule has 2 heterocycles. The maximum atomic E-state index is 10.9. The molecule has 7 heteroatoms. The van der Waals surface area contributed by atoms with E-state index in [0.717, 1.165) is 0 Å². The van der Waals surface area contributed by atoms with Gasteiger partial charge in [0.25, 0.3) is 0 Å². The third-order valence-corrected chi connectivity index (χ3v) is 3.26. The average molecular weight is 272 g/mol. The zero-order chi connectivity index (χ0) is 13.0. The second-order valence-corrected chi connectivity index (χ2v) is 4.59. The van der Waals surface area contributed by atoms with E-state index in [9.17, 15) is 9.90 Å². The first-order chi connectivity index (χ1) is 8.64. The molecule has 1 saturated heterocycles. The van der Waals surface area contributed by atoms with Crippen LogP contribution < -0.4 is 5.32 Å². The first-order valence-electron chi connectivity index (χ1n) is 5.64. The van der Waals surface area contributed by atoms with Crippen molar-refractivity contribution in [2.24, 2.45) is 0 Å². The van der Waals surface area contributed by atoms with E-state index >= 15 is 0 Å². The number of halogens is 1. The van der Waals surface area contributed by atoms with Crippen molar-refractivity contribution in [1.29, 1.82) is 0 Å². The van der Waals surface area contributed by atoms with Gasteiger partial charge < -0.3 is 15.2 Å². The molecule has 0 saturated carbocycles. The van der Waals surface area contributed by atoms with Gasteiger partial charge in [0.2, 0.25) is 0 Å². The summed E-state index contributed by atoms with van der Waals surface area (Å²) in [7, 11) is 0. The number of carbonyl (C=O) groups is 1. The van der Waals surface area contributed by atoms with Gasteiger partial charge in [0, 0.05) is 32.6 Å². The summed E-state index contributed by atoms with van der Waals surface area (Å²) < 4.78 is 5.19. The first kappa shape index (κ1) is 13.2. The number of nitrogens with one attached hydrogen (secondary N) is 1. The summed E-state index contributed by atoms with van der Waals surface area (Å²) in [5.74, 6) is 0.338. The van der Waals surface area contributed by atoms with Crippen LogP contribution >= 0.6 is 11.6 Å². The van der Waals surface area contributed by atoms with Crippen molar-refractivity contribution >= 4 is 23.7 Å². The average Bonchev–Trinajstić information content (AvgIpc) is 2.37. The summed E-state index contributed by atoms with van der Waals surface area (Å²) in [5.41, 5.74) is -0.634. The molecule has 1 fully saturated rings. The summed E-state index contributed by atoms with van der Waals surface area (Å²) in [4.78, 5) is 18.6. The topological polar surface area (TPSA) is 84.3 Å². The molecule has 1 aromatic heterocycles.